The molecule has 3 aliphatic rings. The summed E-state index contributed by atoms with van der Waals surface area (Å²) in [6.07, 6.45) is 10.5. The maximum absolute atomic E-state index is 9.84. The Morgan fingerprint density at radius 3 is 2.37 bits per heavy atom. The Morgan fingerprint density at radius 2 is 1.67 bits per heavy atom. The molecule has 2 atom stereocenters. The molecule has 3 heterocycles. The lowest BCUT2D eigenvalue weighted by Crippen LogP contribution is -2.41. The third-order valence-corrected chi connectivity index (χ3v) is 6.58. The van der Waals surface area contributed by atoms with Crippen LogP contribution in [0.3, 0.4) is 0 Å². The van der Waals surface area contributed by atoms with E-state index < -0.39 is 0 Å². The van der Waals surface area contributed by atoms with Gasteiger partial charge in [-0.3, -0.25) is 9.80 Å². The molecule has 2 aliphatic heterocycles. The number of hydrogen-bond acceptors (Lipinski definition) is 6. The Hall–Kier alpha value is -1.08. The molecule has 150 valence electrons. The van der Waals surface area contributed by atoms with Gasteiger partial charge in [0.2, 0.25) is 0 Å². The number of aliphatic hydroxyl groups is 1. The first kappa shape index (κ1) is 19.2. The zero-order chi connectivity index (χ0) is 18.5. The number of aliphatic hydroxyl groups excluding tert-OH is 1. The van der Waals surface area contributed by atoms with Gasteiger partial charge in [0, 0.05) is 69.8 Å². The van der Waals surface area contributed by atoms with Gasteiger partial charge in [-0.15, -0.1) is 0 Å². The first-order valence-electron chi connectivity index (χ1n) is 10.8. The van der Waals surface area contributed by atoms with Crippen molar-refractivity contribution in [3.8, 4) is 0 Å². The van der Waals surface area contributed by atoms with Crippen molar-refractivity contribution in [2.75, 3.05) is 52.5 Å². The van der Waals surface area contributed by atoms with Crippen LogP contribution in [0.25, 0.3) is 0 Å². The normalized spacial score (nSPS) is 28.6. The largest absolute Gasteiger partial charge is 0.396 e. The Kier molecular flexibility index (Phi) is 6.71. The molecule has 0 aromatic carbocycles. The van der Waals surface area contributed by atoms with Crippen molar-refractivity contribution in [2.24, 2.45) is 11.8 Å². The average Bonchev–Trinajstić information content (AvgIpc) is 3.11. The zero-order valence-electron chi connectivity index (χ0n) is 16.4. The van der Waals surface area contributed by atoms with Crippen LogP contribution in [0.5, 0.6) is 0 Å². The summed E-state index contributed by atoms with van der Waals surface area (Å²) in [5, 5.41) is 9.84. The van der Waals surface area contributed by atoms with Crippen LogP contribution >= 0.6 is 0 Å². The molecule has 1 aliphatic carbocycles. The molecule has 1 saturated carbocycles. The van der Waals surface area contributed by atoms with Crippen molar-refractivity contribution in [1.82, 2.24) is 19.8 Å². The summed E-state index contributed by atoms with van der Waals surface area (Å²) < 4.78 is 5.46. The molecule has 1 aromatic heterocycles. The molecule has 2 saturated heterocycles. The first-order chi connectivity index (χ1) is 13.3. The number of rotatable bonds is 6. The van der Waals surface area contributed by atoms with E-state index in [0.29, 0.717) is 17.8 Å². The predicted octanol–water partition coefficient (Wildman–Crippen LogP) is 1.90. The van der Waals surface area contributed by atoms with Crippen molar-refractivity contribution >= 4 is 0 Å². The molecule has 4 rings (SSSR count). The predicted molar refractivity (Wildman–Crippen MR) is 104 cm³/mol. The molecule has 0 radical (unpaired) electrons. The molecule has 6 nitrogen and oxygen atoms in total. The van der Waals surface area contributed by atoms with Crippen LogP contribution in [0.2, 0.25) is 0 Å². The molecular formula is C21H34N4O2. The molecule has 0 bridgehead atoms. The Balaban J connectivity index is 1.31. The first-order valence-corrected chi connectivity index (χ1v) is 10.8. The van der Waals surface area contributed by atoms with E-state index in [4.69, 9.17) is 4.74 Å². The van der Waals surface area contributed by atoms with E-state index >= 15 is 0 Å². The van der Waals surface area contributed by atoms with Gasteiger partial charge in [-0.2, -0.15) is 0 Å². The van der Waals surface area contributed by atoms with Crippen molar-refractivity contribution in [3.05, 3.63) is 23.8 Å². The van der Waals surface area contributed by atoms with Crippen LogP contribution < -0.4 is 0 Å². The van der Waals surface area contributed by atoms with Gasteiger partial charge < -0.3 is 9.84 Å². The highest BCUT2D eigenvalue weighted by molar-refractivity contribution is 5.08. The van der Waals surface area contributed by atoms with Crippen molar-refractivity contribution in [3.63, 3.8) is 0 Å². The average molecular weight is 375 g/mol. The molecule has 0 amide bonds. The number of likely N-dealkylation sites (tertiary alicyclic amines) is 1. The topological polar surface area (TPSA) is 61.7 Å². The van der Waals surface area contributed by atoms with Crippen LogP contribution in [0, 0.1) is 11.8 Å². The van der Waals surface area contributed by atoms with Crippen LogP contribution in [0.1, 0.15) is 49.4 Å². The number of morpholine rings is 1. The molecule has 6 heteroatoms. The van der Waals surface area contributed by atoms with Gasteiger partial charge >= 0.3 is 0 Å². The van der Waals surface area contributed by atoms with Gasteiger partial charge in [0.25, 0.3) is 0 Å². The summed E-state index contributed by atoms with van der Waals surface area (Å²) in [4.78, 5) is 14.3. The SMILES string of the molecule is OC[C@H]1CN(Cc2cnc(C3CCCCC3)nc2)C[C@H]1CN1CCOCC1. The fourth-order valence-corrected chi connectivity index (χ4v) is 4.97. The Bertz CT molecular complexity index is 570. The Morgan fingerprint density at radius 1 is 0.963 bits per heavy atom. The highest BCUT2D eigenvalue weighted by Gasteiger charge is 2.33. The lowest BCUT2D eigenvalue weighted by molar-refractivity contribution is 0.0264. The number of ether oxygens (including phenoxy) is 1. The highest BCUT2D eigenvalue weighted by atomic mass is 16.5. The Labute approximate surface area is 162 Å². The highest BCUT2D eigenvalue weighted by Crippen LogP contribution is 2.30. The molecule has 27 heavy (non-hydrogen) atoms. The van der Waals surface area contributed by atoms with Crippen LogP contribution in [0.4, 0.5) is 0 Å². The van der Waals surface area contributed by atoms with E-state index in [1.807, 2.05) is 12.4 Å². The van der Waals surface area contributed by atoms with Crippen LogP contribution in [0.15, 0.2) is 12.4 Å². The maximum Gasteiger partial charge on any atom is 0.131 e. The van der Waals surface area contributed by atoms with Gasteiger partial charge in [0.05, 0.1) is 13.2 Å². The third kappa shape index (κ3) is 5.05. The standard InChI is InChI=1S/C21H34N4O2/c26-16-20-15-25(14-19(20)13-24-6-8-27-9-7-24)12-17-10-22-21(23-11-17)18-4-2-1-3-5-18/h10-11,18-20,26H,1-9,12-16H2/t19-,20-/m1/s1. The van der Waals surface area contributed by atoms with Crippen LogP contribution in [-0.4, -0.2) is 77.4 Å². The lowest BCUT2D eigenvalue weighted by atomic mass is 9.89. The van der Waals surface area contributed by atoms with Crippen LogP contribution in [-0.2, 0) is 11.3 Å². The summed E-state index contributed by atoms with van der Waals surface area (Å²) in [6, 6.07) is 0. The fraction of sp³-hybridized carbons (Fsp3) is 0.810. The number of hydrogen-bond donors (Lipinski definition) is 1. The molecule has 0 unspecified atom stereocenters. The van der Waals surface area contributed by atoms with Crippen molar-refractivity contribution < 1.29 is 9.84 Å². The second kappa shape index (κ2) is 9.41. The van der Waals surface area contributed by atoms with Gasteiger partial charge in [0.1, 0.15) is 5.82 Å². The van der Waals surface area contributed by atoms with E-state index in [0.717, 1.165) is 58.3 Å². The molecule has 1 aromatic rings. The maximum atomic E-state index is 9.84. The van der Waals surface area contributed by atoms with E-state index in [2.05, 4.69) is 19.8 Å². The molecule has 1 N–H and O–H groups in total. The summed E-state index contributed by atoms with van der Waals surface area (Å²) >= 11 is 0. The second-order valence-electron chi connectivity index (χ2n) is 8.59. The summed E-state index contributed by atoms with van der Waals surface area (Å²) in [6.45, 7) is 7.97. The summed E-state index contributed by atoms with van der Waals surface area (Å²) in [5.74, 6) is 2.51. The molecule has 0 spiro atoms. The second-order valence-corrected chi connectivity index (χ2v) is 8.59. The van der Waals surface area contributed by atoms with Gasteiger partial charge in [0.15, 0.2) is 0 Å². The minimum Gasteiger partial charge on any atom is -0.396 e. The molecular weight excluding hydrogens is 340 g/mol. The minimum absolute atomic E-state index is 0.280. The number of aromatic nitrogens is 2. The van der Waals surface area contributed by atoms with E-state index in [1.165, 1.54) is 37.7 Å². The fourth-order valence-electron chi connectivity index (χ4n) is 4.97. The quantitative estimate of drug-likeness (QED) is 0.821. The third-order valence-electron chi connectivity index (χ3n) is 6.58. The molecule has 3 fully saturated rings. The summed E-state index contributed by atoms with van der Waals surface area (Å²) in [7, 11) is 0. The van der Waals surface area contributed by atoms with Gasteiger partial charge in [-0.1, -0.05) is 19.3 Å². The number of nitrogens with zero attached hydrogens (tertiary/aromatic N) is 4. The van der Waals surface area contributed by atoms with Gasteiger partial charge in [-0.05, 0) is 24.7 Å². The summed E-state index contributed by atoms with van der Waals surface area (Å²) in [5.41, 5.74) is 1.19. The van der Waals surface area contributed by atoms with E-state index in [1.54, 1.807) is 0 Å². The zero-order valence-corrected chi connectivity index (χ0v) is 16.4. The smallest absolute Gasteiger partial charge is 0.131 e. The van der Waals surface area contributed by atoms with Crippen molar-refractivity contribution in [2.45, 2.75) is 44.6 Å². The van der Waals surface area contributed by atoms with Crippen molar-refractivity contribution in [1.29, 1.82) is 0 Å². The van der Waals surface area contributed by atoms with E-state index in [-0.39, 0.29) is 6.61 Å². The monoisotopic (exact) mass is 374 g/mol. The van der Waals surface area contributed by atoms with Gasteiger partial charge in [-0.25, -0.2) is 9.97 Å². The van der Waals surface area contributed by atoms with E-state index in [9.17, 15) is 5.11 Å². The minimum atomic E-state index is 0.280. The lowest BCUT2D eigenvalue weighted by Gasteiger charge is -2.30.